The summed E-state index contributed by atoms with van der Waals surface area (Å²) in [5, 5.41) is 6.25. The van der Waals surface area contributed by atoms with E-state index in [2.05, 4.69) is 10.6 Å². The molecule has 130 valence electrons. The molecule has 0 unspecified atom stereocenters. The second-order valence-electron chi connectivity index (χ2n) is 6.09. The SMILES string of the molecule is CCNCc1ccccc1NC(=O)c1ccc(N2CCCC2=O)cc1. The fourth-order valence-corrected chi connectivity index (χ4v) is 2.96. The van der Waals surface area contributed by atoms with Crippen LogP contribution in [0, 0.1) is 0 Å². The van der Waals surface area contributed by atoms with Gasteiger partial charge in [0.1, 0.15) is 0 Å². The maximum Gasteiger partial charge on any atom is 0.255 e. The molecule has 2 N–H and O–H groups in total. The maximum absolute atomic E-state index is 12.5. The largest absolute Gasteiger partial charge is 0.322 e. The van der Waals surface area contributed by atoms with E-state index in [1.165, 1.54) is 0 Å². The lowest BCUT2D eigenvalue weighted by Crippen LogP contribution is -2.23. The number of hydrogen-bond donors (Lipinski definition) is 2. The molecule has 0 bridgehead atoms. The summed E-state index contributed by atoms with van der Waals surface area (Å²) in [6.45, 7) is 4.39. The zero-order valence-corrected chi connectivity index (χ0v) is 14.4. The van der Waals surface area contributed by atoms with Crippen molar-refractivity contribution in [2.24, 2.45) is 0 Å². The van der Waals surface area contributed by atoms with E-state index in [4.69, 9.17) is 0 Å². The number of carbonyl (C=O) groups excluding carboxylic acids is 2. The molecule has 1 fully saturated rings. The number of anilines is 2. The summed E-state index contributed by atoms with van der Waals surface area (Å²) in [4.78, 5) is 26.1. The van der Waals surface area contributed by atoms with Crippen molar-refractivity contribution in [1.29, 1.82) is 0 Å². The molecule has 25 heavy (non-hydrogen) atoms. The number of rotatable bonds is 6. The predicted molar refractivity (Wildman–Crippen MR) is 99.8 cm³/mol. The highest BCUT2D eigenvalue weighted by molar-refractivity contribution is 6.05. The molecule has 0 radical (unpaired) electrons. The number of nitrogens with one attached hydrogen (secondary N) is 2. The van der Waals surface area contributed by atoms with Gasteiger partial charge in [0.15, 0.2) is 0 Å². The normalized spacial score (nSPS) is 14.0. The Hall–Kier alpha value is -2.66. The smallest absolute Gasteiger partial charge is 0.255 e. The van der Waals surface area contributed by atoms with Crippen molar-refractivity contribution >= 4 is 23.2 Å². The van der Waals surface area contributed by atoms with Gasteiger partial charge >= 0.3 is 0 Å². The minimum Gasteiger partial charge on any atom is -0.322 e. The summed E-state index contributed by atoms with van der Waals surface area (Å²) in [5.74, 6) is -0.00204. The van der Waals surface area contributed by atoms with Crippen molar-refractivity contribution in [3.63, 3.8) is 0 Å². The van der Waals surface area contributed by atoms with Crippen LogP contribution in [0.3, 0.4) is 0 Å². The van der Waals surface area contributed by atoms with E-state index in [0.29, 0.717) is 18.5 Å². The van der Waals surface area contributed by atoms with Gasteiger partial charge in [0.25, 0.3) is 5.91 Å². The number of nitrogens with zero attached hydrogens (tertiary/aromatic N) is 1. The van der Waals surface area contributed by atoms with Crippen molar-refractivity contribution < 1.29 is 9.59 Å². The molecule has 0 spiro atoms. The highest BCUT2D eigenvalue weighted by atomic mass is 16.2. The highest BCUT2D eigenvalue weighted by Gasteiger charge is 2.21. The molecule has 0 saturated carbocycles. The van der Waals surface area contributed by atoms with E-state index in [0.717, 1.165) is 36.4 Å². The van der Waals surface area contributed by atoms with Gasteiger partial charge in [-0.25, -0.2) is 0 Å². The Kier molecular flexibility index (Phi) is 5.46. The molecule has 1 aliphatic rings. The van der Waals surface area contributed by atoms with Gasteiger partial charge in [-0.15, -0.1) is 0 Å². The summed E-state index contributed by atoms with van der Waals surface area (Å²) in [7, 11) is 0. The molecule has 2 aromatic carbocycles. The van der Waals surface area contributed by atoms with Gasteiger partial charge in [0, 0.05) is 36.4 Å². The molecule has 5 nitrogen and oxygen atoms in total. The van der Waals surface area contributed by atoms with Crippen LogP contribution in [0.2, 0.25) is 0 Å². The molecule has 0 atom stereocenters. The van der Waals surface area contributed by atoms with Crippen LogP contribution in [0.25, 0.3) is 0 Å². The summed E-state index contributed by atoms with van der Waals surface area (Å²) in [6.07, 6.45) is 1.49. The van der Waals surface area contributed by atoms with Crippen LogP contribution in [-0.2, 0) is 11.3 Å². The topological polar surface area (TPSA) is 61.4 Å². The number of para-hydroxylation sites is 1. The molecule has 0 aromatic heterocycles. The van der Waals surface area contributed by atoms with Gasteiger partial charge in [-0.05, 0) is 48.9 Å². The zero-order valence-electron chi connectivity index (χ0n) is 14.4. The molecule has 0 aliphatic carbocycles. The Morgan fingerprint density at radius 3 is 2.56 bits per heavy atom. The van der Waals surface area contributed by atoms with Gasteiger partial charge in [-0.3, -0.25) is 9.59 Å². The molecule has 1 saturated heterocycles. The first-order valence-corrected chi connectivity index (χ1v) is 8.69. The minimum absolute atomic E-state index is 0.148. The molecular weight excluding hydrogens is 314 g/mol. The summed E-state index contributed by atoms with van der Waals surface area (Å²) < 4.78 is 0. The van der Waals surface area contributed by atoms with Crippen molar-refractivity contribution in [3.05, 3.63) is 59.7 Å². The molecule has 5 heteroatoms. The second kappa shape index (κ2) is 7.94. The third kappa shape index (κ3) is 4.06. The Balaban J connectivity index is 1.70. The van der Waals surface area contributed by atoms with Crippen LogP contribution < -0.4 is 15.5 Å². The van der Waals surface area contributed by atoms with Gasteiger partial charge < -0.3 is 15.5 Å². The zero-order chi connectivity index (χ0) is 17.6. The lowest BCUT2D eigenvalue weighted by atomic mass is 10.1. The summed E-state index contributed by atoms with van der Waals surface area (Å²) >= 11 is 0. The van der Waals surface area contributed by atoms with E-state index < -0.39 is 0 Å². The second-order valence-corrected chi connectivity index (χ2v) is 6.09. The Morgan fingerprint density at radius 2 is 1.88 bits per heavy atom. The molecule has 2 amide bonds. The number of carbonyl (C=O) groups is 2. The first kappa shape index (κ1) is 17.2. The molecule has 1 aliphatic heterocycles. The Bertz CT molecular complexity index is 756. The lowest BCUT2D eigenvalue weighted by Gasteiger charge is -2.16. The van der Waals surface area contributed by atoms with Crippen LogP contribution in [0.15, 0.2) is 48.5 Å². The molecular formula is C20H23N3O2. The Labute approximate surface area is 148 Å². The van der Waals surface area contributed by atoms with Gasteiger partial charge in [0.05, 0.1) is 0 Å². The predicted octanol–water partition coefficient (Wildman–Crippen LogP) is 3.18. The fraction of sp³-hybridized carbons (Fsp3) is 0.300. The first-order valence-electron chi connectivity index (χ1n) is 8.69. The van der Waals surface area contributed by atoms with Gasteiger partial charge in [-0.2, -0.15) is 0 Å². The first-order chi connectivity index (χ1) is 12.2. The number of amides is 2. The molecule has 2 aromatic rings. The summed E-state index contributed by atoms with van der Waals surface area (Å²) in [5.41, 5.74) is 3.30. The van der Waals surface area contributed by atoms with E-state index in [-0.39, 0.29) is 11.8 Å². The van der Waals surface area contributed by atoms with Crippen LogP contribution in [0.5, 0.6) is 0 Å². The third-order valence-electron chi connectivity index (χ3n) is 4.35. The third-order valence-corrected chi connectivity index (χ3v) is 4.35. The number of benzene rings is 2. The monoisotopic (exact) mass is 337 g/mol. The van der Waals surface area contributed by atoms with E-state index in [9.17, 15) is 9.59 Å². The minimum atomic E-state index is -0.150. The van der Waals surface area contributed by atoms with E-state index >= 15 is 0 Å². The Morgan fingerprint density at radius 1 is 1.12 bits per heavy atom. The van der Waals surface area contributed by atoms with Crippen LogP contribution >= 0.6 is 0 Å². The van der Waals surface area contributed by atoms with E-state index in [1.807, 2.05) is 43.3 Å². The lowest BCUT2D eigenvalue weighted by molar-refractivity contribution is -0.117. The van der Waals surface area contributed by atoms with Gasteiger partial charge in [0.2, 0.25) is 5.91 Å². The standard InChI is InChI=1S/C20H23N3O2/c1-2-21-14-16-6-3-4-7-18(16)22-20(25)15-9-11-17(12-10-15)23-13-5-8-19(23)24/h3-4,6-7,9-12,21H,2,5,8,13-14H2,1H3,(H,22,25). The van der Waals surface area contributed by atoms with E-state index in [1.54, 1.807) is 17.0 Å². The molecule has 3 rings (SSSR count). The average Bonchev–Trinajstić information content (AvgIpc) is 3.07. The quantitative estimate of drug-likeness (QED) is 0.851. The van der Waals surface area contributed by atoms with Crippen molar-refractivity contribution in [1.82, 2.24) is 5.32 Å². The van der Waals surface area contributed by atoms with Crippen LogP contribution in [0.4, 0.5) is 11.4 Å². The fourth-order valence-electron chi connectivity index (χ4n) is 2.96. The summed E-state index contributed by atoms with van der Waals surface area (Å²) in [6, 6.07) is 15.0. The number of hydrogen-bond acceptors (Lipinski definition) is 3. The van der Waals surface area contributed by atoms with Crippen LogP contribution in [-0.4, -0.2) is 24.9 Å². The van der Waals surface area contributed by atoms with Crippen molar-refractivity contribution in [3.8, 4) is 0 Å². The average molecular weight is 337 g/mol. The van der Waals surface area contributed by atoms with Gasteiger partial charge in [-0.1, -0.05) is 25.1 Å². The molecule has 1 heterocycles. The van der Waals surface area contributed by atoms with Crippen LogP contribution in [0.1, 0.15) is 35.7 Å². The maximum atomic E-state index is 12.5. The highest BCUT2D eigenvalue weighted by Crippen LogP contribution is 2.22. The van der Waals surface area contributed by atoms with Crippen molar-refractivity contribution in [2.75, 3.05) is 23.3 Å². The van der Waals surface area contributed by atoms with Crippen molar-refractivity contribution in [2.45, 2.75) is 26.3 Å².